The Kier molecular flexibility index (Phi) is 5.97. The van der Waals surface area contributed by atoms with Crippen LogP contribution in [-0.4, -0.2) is 44.0 Å². The third-order valence-electron chi connectivity index (χ3n) is 6.88. The quantitative estimate of drug-likeness (QED) is 0.611. The fourth-order valence-electron chi connectivity index (χ4n) is 5.23. The number of carbonyl (C=O) groups excluding carboxylic acids is 2. The molecule has 0 saturated carbocycles. The standard InChI is InChI=1S/C28H28N2O4/c1-33-23-12-11-18(17-24(23)34-2)13-15-29-27(31)25-21-9-5-6-10-22(21)28(32)30-16-14-19-7-3-4-8-20(19)26(25)30/h3-12,17,25-26H,13-16H2,1-2H3,(H,29,31)/t25-,26-/m1/s1. The molecule has 6 nitrogen and oxygen atoms in total. The topological polar surface area (TPSA) is 67.9 Å². The van der Waals surface area contributed by atoms with Crippen LogP contribution in [0.3, 0.4) is 0 Å². The van der Waals surface area contributed by atoms with Crippen molar-refractivity contribution < 1.29 is 19.1 Å². The summed E-state index contributed by atoms with van der Waals surface area (Å²) in [5, 5.41) is 3.14. The first-order valence-corrected chi connectivity index (χ1v) is 11.6. The van der Waals surface area contributed by atoms with Crippen molar-refractivity contribution >= 4 is 11.8 Å². The van der Waals surface area contributed by atoms with Crippen LogP contribution >= 0.6 is 0 Å². The van der Waals surface area contributed by atoms with Crippen LogP contribution in [0.15, 0.2) is 66.7 Å². The van der Waals surface area contributed by atoms with Gasteiger partial charge in [0.1, 0.15) is 0 Å². The lowest BCUT2D eigenvalue weighted by molar-refractivity contribution is -0.124. The molecule has 1 N–H and O–H groups in total. The lowest BCUT2D eigenvalue weighted by Gasteiger charge is -2.45. The van der Waals surface area contributed by atoms with Gasteiger partial charge in [-0.15, -0.1) is 0 Å². The number of nitrogens with one attached hydrogen (secondary N) is 1. The zero-order chi connectivity index (χ0) is 23.7. The highest BCUT2D eigenvalue weighted by Gasteiger charge is 2.45. The molecule has 5 rings (SSSR count). The van der Waals surface area contributed by atoms with Crippen LogP contribution in [0.25, 0.3) is 0 Å². The van der Waals surface area contributed by atoms with Crippen molar-refractivity contribution in [3.05, 3.63) is 94.5 Å². The van der Waals surface area contributed by atoms with Crippen molar-refractivity contribution in [1.29, 1.82) is 0 Å². The Morgan fingerprint density at radius 2 is 1.71 bits per heavy atom. The molecule has 2 amide bonds. The molecule has 0 spiro atoms. The number of amides is 2. The van der Waals surface area contributed by atoms with Crippen LogP contribution in [0.1, 0.15) is 44.6 Å². The van der Waals surface area contributed by atoms with Crippen molar-refractivity contribution in [2.75, 3.05) is 27.3 Å². The lowest BCUT2D eigenvalue weighted by Crippen LogP contribution is -2.50. The van der Waals surface area contributed by atoms with Gasteiger partial charge in [-0.2, -0.15) is 0 Å². The number of fused-ring (bicyclic) bond motifs is 4. The van der Waals surface area contributed by atoms with Crippen LogP contribution < -0.4 is 14.8 Å². The third-order valence-corrected chi connectivity index (χ3v) is 6.88. The van der Waals surface area contributed by atoms with Gasteiger partial charge < -0.3 is 19.7 Å². The maximum atomic E-state index is 13.7. The van der Waals surface area contributed by atoms with E-state index >= 15 is 0 Å². The summed E-state index contributed by atoms with van der Waals surface area (Å²) in [6.07, 6.45) is 1.46. The second-order valence-electron chi connectivity index (χ2n) is 8.69. The number of ether oxygens (including phenoxy) is 2. The van der Waals surface area contributed by atoms with Gasteiger partial charge in [0.05, 0.1) is 26.2 Å². The number of methoxy groups -OCH3 is 2. The number of nitrogens with zero attached hydrogens (tertiary/aromatic N) is 1. The molecule has 2 aliphatic rings. The maximum Gasteiger partial charge on any atom is 0.254 e. The van der Waals surface area contributed by atoms with Gasteiger partial charge in [-0.3, -0.25) is 9.59 Å². The highest BCUT2D eigenvalue weighted by molar-refractivity contribution is 6.01. The predicted octanol–water partition coefficient (Wildman–Crippen LogP) is 3.90. The summed E-state index contributed by atoms with van der Waals surface area (Å²) in [4.78, 5) is 28.8. The molecular weight excluding hydrogens is 428 g/mol. The fourth-order valence-corrected chi connectivity index (χ4v) is 5.23. The summed E-state index contributed by atoms with van der Waals surface area (Å²) in [5.74, 6) is 0.827. The Morgan fingerprint density at radius 1 is 0.971 bits per heavy atom. The second kappa shape index (κ2) is 9.21. The minimum absolute atomic E-state index is 0.00415. The minimum atomic E-state index is -0.458. The van der Waals surface area contributed by atoms with E-state index in [0.717, 1.165) is 23.1 Å². The zero-order valence-electron chi connectivity index (χ0n) is 19.4. The van der Waals surface area contributed by atoms with E-state index in [0.29, 0.717) is 36.6 Å². The maximum absolute atomic E-state index is 13.7. The molecule has 0 aliphatic carbocycles. The van der Waals surface area contributed by atoms with E-state index in [1.54, 1.807) is 14.2 Å². The first-order valence-electron chi connectivity index (χ1n) is 11.6. The average Bonchev–Trinajstić information content (AvgIpc) is 2.88. The molecule has 3 aromatic carbocycles. The normalized spacial score (nSPS) is 18.4. The molecule has 2 aliphatic heterocycles. The summed E-state index contributed by atoms with van der Waals surface area (Å²) in [6.45, 7) is 1.10. The Balaban J connectivity index is 1.41. The fraction of sp³-hybridized carbons (Fsp3) is 0.286. The summed E-state index contributed by atoms with van der Waals surface area (Å²) in [5.41, 5.74) is 4.74. The summed E-state index contributed by atoms with van der Waals surface area (Å²) in [6, 6.07) is 21.1. The highest BCUT2D eigenvalue weighted by Crippen LogP contribution is 2.45. The Bertz CT molecular complexity index is 1240. The van der Waals surface area contributed by atoms with E-state index in [1.165, 1.54) is 5.56 Å². The minimum Gasteiger partial charge on any atom is -0.493 e. The first-order chi connectivity index (χ1) is 16.6. The zero-order valence-corrected chi connectivity index (χ0v) is 19.4. The Hall–Kier alpha value is -3.80. The molecule has 0 bridgehead atoms. The number of benzene rings is 3. The van der Waals surface area contributed by atoms with Gasteiger partial charge in [-0.05, 0) is 53.3 Å². The van der Waals surface area contributed by atoms with Crippen molar-refractivity contribution in [1.82, 2.24) is 10.2 Å². The summed E-state index contributed by atoms with van der Waals surface area (Å²) < 4.78 is 10.7. The van der Waals surface area contributed by atoms with Crippen LogP contribution in [0.5, 0.6) is 11.5 Å². The first kappa shape index (κ1) is 22.0. The van der Waals surface area contributed by atoms with Crippen molar-refractivity contribution in [2.24, 2.45) is 0 Å². The Morgan fingerprint density at radius 3 is 2.50 bits per heavy atom. The van der Waals surface area contributed by atoms with E-state index < -0.39 is 5.92 Å². The van der Waals surface area contributed by atoms with Crippen LogP contribution in [0, 0.1) is 0 Å². The Labute approximate surface area is 199 Å². The van der Waals surface area contributed by atoms with Gasteiger partial charge in [-0.25, -0.2) is 0 Å². The average molecular weight is 457 g/mol. The van der Waals surface area contributed by atoms with Gasteiger partial charge in [0.2, 0.25) is 5.91 Å². The van der Waals surface area contributed by atoms with Crippen LogP contribution in [0.4, 0.5) is 0 Å². The van der Waals surface area contributed by atoms with Crippen molar-refractivity contribution in [2.45, 2.75) is 24.8 Å². The molecule has 6 heteroatoms. The van der Waals surface area contributed by atoms with E-state index in [2.05, 4.69) is 17.4 Å². The van der Waals surface area contributed by atoms with Crippen LogP contribution in [-0.2, 0) is 17.6 Å². The smallest absolute Gasteiger partial charge is 0.254 e. The molecule has 0 radical (unpaired) electrons. The molecule has 2 atom stereocenters. The lowest BCUT2D eigenvalue weighted by atomic mass is 9.76. The molecule has 0 aromatic heterocycles. The molecule has 3 aromatic rings. The summed E-state index contributed by atoms with van der Waals surface area (Å²) >= 11 is 0. The number of rotatable bonds is 6. The number of hydrogen-bond donors (Lipinski definition) is 1. The van der Waals surface area contributed by atoms with Crippen molar-refractivity contribution in [3.8, 4) is 11.5 Å². The number of carbonyl (C=O) groups is 2. The third kappa shape index (κ3) is 3.79. The molecule has 174 valence electrons. The van der Waals surface area contributed by atoms with Gasteiger partial charge in [0, 0.05) is 18.7 Å². The van der Waals surface area contributed by atoms with Gasteiger partial charge >= 0.3 is 0 Å². The molecule has 0 unspecified atom stereocenters. The van der Waals surface area contributed by atoms with Gasteiger partial charge in [0.15, 0.2) is 11.5 Å². The van der Waals surface area contributed by atoms with Gasteiger partial charge in [0.25, 0.3) is 5.91 Å². The summed E-state index contributed by atoms with van der Waals surface area (Å²) in [7, 11) is 3.22. The van der Waals surface area contributed by atoms with E-state index in [1.807, 2.05) is 59.5 Å². The molecule has 0 fully saturated rings. The molecule has 0 saturated heterocycles. The largest absolute Gasteiger partial charge is 0.493 e. The van der Waals surface area contributed by atoms with Crippen molar-refractivity contribution in [3.63, 3.8) is 0 Å². The molecular formula is C28H28N2O4. The number of hydrogen-bond acceptors (Lipinski definition) is 4. The monoisotopic (exact) mass is 456 g/mol. The van der Waals surface area contributed by atoms with Gasteiger partial charge in [-0.1, -0.05) is 48.5 Å². The predicted molar refractivity (Wildman–Crippen MR) is 129 cm³/mol. The van der Waals surface area contributed by atoms with E-state index in [4.69, 9.17) is 9.47 Å². The highest BCUT2D eigenvalue weighted by atomic mass is 16.5. The molecule has 2 heterocycles. The van der Waals surface area contributed by atoms with E-state index in [9.17, 15) is 9.59 Å². The SMILES string of the molecule is COc1ccc(CCNC(=O)[C@@H]2c3ccccc3C(=O)N3CCc4ccccc4[C@H]23)cc1OC. The van der Waals surface area contributed by atoms with E-state index in [-0.39, 0.29) is 17.9 Å². The van der Waals surface area contributed by atoms with Crippen LogP contribution in [0.2, 0.25) is 0 Å². The molecule has 34 heavy (non-hydrogen) atoms. The second-order valence-corrected chi connectivity index (χ2v) is 8.69.